The Labute approximate surface area is 96.3 Å². The second-order valence-corrected chi connectivity index (χ2v) is 4.37. The van der Waals surface area contributed by atoms with Gasteiger partial charge < -0.3 is 9.47 Å². The molecule has 0 N–H and O–H groups in total. The van der Waals surface area contributed by atoms with Crippen molar-refractivity contribution in [3.05, 3.63) is 0 Å². The quantitative estimate of drug-likeness (QED) is 0.545. The van der Waals surface area contributed by atoms with Crippen LogP contribution < -0.4 is 0 Å². The third-order valence-electron chi connectivity index (χ3n) is 3.09. The van der Waals surface area contributed by atoms with Gasteiger partial charge in [-0.3, -0.25) is 9.59 Å². The summed E-state index contributed by atoms with van der Waals surface area (Å²) in [5, 5.41) is 0. The molecule has 1 saturated carbocycles. The van der Waals surface area contributed by atoms with Gasteiger partial charge in [-0.15, -0.1) is 0 Å². The molecule has 0 heterocycles. The van der Waals surface area contributed by atoms with Gasteiger partial charge in [-0.2, -0.15) is 0 Å². The molecule has 4 nitrogen and oxygen atoms in total. The summed E-state index contributed by atoms with van der Waals surface area (Å²) >= 11 is 0. The molecule has 1 aliphatic rings. The van der Waals surface area contributed by atoms with E-state index in [2.05, 4.69) is 0 Å². The summed E-state index contributed by atoms with van der Waals surface area (Å²) in [5.74, 6) is -0.468. The molecule has 0 saturated heterocycles. The van der Waals surface area contributed by atoms with Gasteiger partial charge in [0.1, 0.15) is 0 Å². The maximum Gasteiger partial charge on any atom is 0.323 e. The molecule has 1 aliphatic carbocycles. The van der Waals surface area contributed by atoms with E-state index in [4.69, 9.17) is 9.47 Å². The third-order valence-corrected chi connectivity index (χ3v) is 3.09. The van der Waals surface area contributed by atoms with Gasteiger partial charge in [-0.05, 0) is 39.0 Å². The average Bonchev–Trinajstić information content (AvgIpc) is 2.63. The van der Waals surface area contributed by atoms with Crippen LogP contribution in [0.4, 0.5) is 0 Å². The molecule has 0 aliphatic heterocycles. The van der Waals surface area contributed by atoms with Crippen molar-refractivity contribution in [3.8, 4) is 0 Å². The Bertz CT molecular complexity index is 254. The van der Waals surface area contributed by atoms with Gasteiger partial charge >= 0.3 is 11.9 Å². The Morgan fingerprint density at radius 3 is 2.00 bits per heavy atom. The lowest BCUT2D eigenvalue weighted by molar-refractivity contribution is -0.171. The monoisotopic (exact) mass is 228 g/mol. The molecule has 92 valence electrons. The molecule has 0 aromatic rings. The van der Waals surface area contributed by atoms with Gasteiger partial charge in [0.05, 0.1) is 13.2 Å². The standard InChI is InChI=1S/C12H20O4/c1-4-15-10(13)12(11(14)16-5-2)7-6-9(3)8-12/h9H,4-8H2,1-3H3. The molecule has 1 atom stereocenters. The zero-order valence-electron chi connectivity index (χ0n) is 10.2. The maximum atomic E-state index is 11.9. The summed E-state index contributed by atoms with van der Waals surface area (Å²) < 4.78 is 10.0. The fourth-order valence-corrected chi connectivity index (χ4v) is 2.28. The Hall–Kier alpha value is -1.06. The number of rotatable bonds is 4. The highest BCUT2D eigenvalue weighted by molar-refractivity contribution is 6.00. The van der Waals surface area contributed by atoms with Gasteiger partial charge in [0.2, 0.25) is 0 Å². The molecule has 16 heavy (non-hydrogen) atoms. The van der Waals surface area contributed by atoms with E-state index in [-0.39, 0.29) is 0 Å². The number of carbonyl (C=O) groups excluding carboxylic acids is 2. The number of hydrogen-bond donors (Lipinski definition) is 0. The summed E-state index contributed by atoms with van der Waals surface area (Å²) in [6, 6.07) is 0. The molecule has 0 aromatic carbocycles. The summed E-state index contributed by atoms with van der Waals surface area (Å²) in [5.41, 5.74) is -1.04. The van der Waals surface area contributed by atoms with Crippen LogP contribution in [0.2, 0.25) is 0 Å². The van der Waals surface area contributed by atoms with Crippen LogP contribution in [0.1, 0.15) is 40.0 Å². The highest BCUT2D eigenvalue weighted by Crippen LogP contribution is 2.43. The van der Waals surface area contributed by atoms with Crippen molar-refractivity contribution in [2.24, 2.45) is 11.3 Å². The minimum atomic E-state index is -1.04. The van der Waals surface area contributed by atoms with E-state index in [0.29, 0.717) is 32.0 Å². The SMILES string of the molecule is CCOC(=O)C1(C(=O)OCC)CCC(C)C1. The fraction of sp³-hybridized carbons (Fsp3) is 0.833. The molecule has 0 amide bonds. The molecule has 4 heteroatoms. The molecule has 1 unspecified atom stereocenters. The zero-order valence-corrected chi connectivity index (χ0v) is 10.2. The molecule has 0 aromatic heterocycles. The number of esters is 2. The minimum absolute atomic E-state index is 0.300. The van der Waals surface area contributed by atoms with Crippen LogP contribution in [-0.4, -0.2) is 25.2 Å². The van der Waals surface area contributed by atoms with Gasteiger partial charge in [0, 0.05) is 0 Å². The van der Waals surface area contributed by atoms with Gasteiger partial charge in [0.15, 0.2) is 5.41 Å². The molecule has 0 spiro atoms. The van der Waals surface area contributed by atoms with E-state index in [0.717, 1.165) is 6.42 Å². The average molecular weight is 228 g/mol. The van der Waals surface area contributed by atoms with Gasteiger partial charge in [-0.1, -0.05) is 6.92 Å². The predicted molar refractivity (Wildman–Crippen MR) is 58.7 cm³/mol. The van der Waals surface area contributed by atoms with Crippen LogP contribution in [0.3, 0.4) is 0 Å². The van der Waals surface area contributed by atoms with E-state index < -0.39 is 17.4 Å². The highest BCUT2D eigenvalue weighted by atomic mass is 16.6. The second-order valence-electron chi connectivity index (χ2n) is 4.37. The normalized spacial score (nSPS) is 22.8. The Morgan fingerprint density at radius 1 is 1.19 bits per heavy atom. The number of hydrogen-bond acceptors (Lipinski definition) is 4. The number of ether oxygens (including phenoxy) is 2. The van der Waals surface area contributed by atoms with Gasteiger partial charge in [0.25, 0.3) is 0 Å². The smallest absolute Gasteiger partial charge is 0.323 e. The minimum Gasteiger partial charge on any atom is -0.465 e. The van der Waals surface area contributed by atoms with E-state index >= 15 is 0 Å². The first kappa shape index (κ1) is 13.0. The molecule has 0 bridgehead atoms. The zero-order chi connectivity index (χ0) is 12.2. The first-order valence-corrected chi connectivity index (χ1v) is 5.91. The van der Waals surface area contributed by atoms with Crippen LogP contribution in [0.5, 0.6) is 0 Å². The summed E-state index contributed by atoms with van der Waals surface area (Å²) in [6.45, 7) is 6.13. The molecular weight excluding hydrogens is 208 g/mol. The third kappa shape index (κ3) is 2.36. The van der Waals surface area contributed by atoms with E-state index in [1.54, 1.807) is 13.8 Å². The van der Waals surface area contributed by atoms with Crippen LogP contribution >= 0.6 is 0 Å². The Kier molecular flexibility index (Phi) is 4.33. The van der Waals surface area contributed by atoms with Crippen LogP contribution in [0.25, 0.3) is 0 Å². The van der Waals surface area contributed by atoms with Crippen molar-refractivity contribution in [1.29, 1.82) is 0 Å². The first-order valence-electron chi connectivity index (χ1n) is 5.91. The van der Waals surface area contributed by atoms with Crippen molar-refractivity contribution < 1.29 is 19.1 Å². The van der Waals surface area contributed by atoms with Crippen LogP contribution in [0.15, 0.2) is 0 Å². The number of carbonyl (C=O) groups is 2. The summed E-state index contributed by atoms with van der Waals surface area (Å²) in [4.78, 5) is 23.8. The van der Waals surface area contributed by atoms with Crippen molar-refractivity contribution in [3.63, 3.8) is 0 Å². The second kappa shape index (κ2) is 5.32. The largest absolute Gasteiger partial charge is 0.465 e. The van der Waals surface area contributed by atoms with Crippen LogP contribution in [-0.2, 0) is 19.1 Å². The summed E-state index contributed by atoms with van der Waals surface area (Å²) in [6.07, 6.45) is 1.97. The van der Waals surface area contributed by atoms with E-state index in [1.807, 2.05) is 6.92 Å². The highest BCUT2D eigenvalue weighted by Gasteiger charge is 2.52. The van der Waals surface area contributed by atoms with Crippen molar-refractivity contribution in [2.75, 3.05) is 13.2 Å². The van der Waals surface area contributed by atoms with Crippen molar-refractivity contribution in [1.82, 2.24) is 0 Å². The topological polar surface area (TPSA) is 52.6 Å². The molecule has 0 radical (unpaired) electrons. The lowest BCUT2D eigenvalue weighted by Gasteiger charge is -2.24. The molecule has 1 fully saturated rings. The lowest BCUT2D eigenvalue weighted by atomic mass is 9.85. The van der Waals surface area contributed by atoms with Crippen molar-refractivity contribution >= 4 is 11.9 Å². The Balaban J connectivity index is 2.85. The maximum absolute atomic E-state index is 11.9. The van der Waals surface area contributed by atoms with E-state index in [9.17, 15) is 9.59 Å². The molecule has 1 rings (SSSR count). The van der Waals surface area contributed by atoms with Crippen molar-refractivity contribution in [2.45, 2.75) is 40.0 Å². The van der Waals surface area contributed by atoms with Gasteiger partial charge in [-0.25, -0.2) is 0 Å². The Morgan fingerprint density at radius 2 is 1.69 bits per heavy atom. The molecular formula is C12H20O4. The first-order chi connectivity index (χ1) is 7.56. The summed E-state index contributed by atoms with van der Waals surface area (Å²) in [7, 11) is 0. The lowest BCUT2D eigenvalue weighted by Crippen LogP contribution is -2.40. The van der Waals surface area contributed by atoms with Crippen LogP contribution in [0, 0.1) is 11.3 Å². The fourth-order valence-electron chi connectivity index (χ4n) is 2.28. The van der Waals surface area contributed by atoms with E-state index in [1.165, 1.54) is 0 Å². The predicted octanol–water partition coefficient (Wildman–Crippen LogP) is 1.92.